The fourth-order valence-electron chi connectivity index (χ4n) is 2.16. The number of ether oxygens (including phenoxy) is 1. The quantitative estimate of drug-likeness (QED) is 0.733. The average molecular weight is 345 g/mol. The molecule has 0 saturated heterocycles. The molecule has 0 amide bonds. The third kappa shape index (κ3) is 2.97. The number of methoxy groups -OCH3 is 1. The monoisotopic (exact) mass is 344 g/mol. The van der Waals surface area contributed by atoms with E-state index in [1.807, 2.05) is 53.2 Å². The van der Waals surface area contributed by atoms with E-state index < -0.39 is 0 Å². The van der Waals surface area contributed by atoms with E-state index >= 15 is 0 Å². The first-order valence-electron chi connectivity index (χ1n) is 6.46. The first-order chi connectivity index (χ1) is 10.2. The lowest BCUT2D eigenvalue weighted by Gasteiger charge is -2.06. The van der Waals surface area contributed by atoms with Crippen molar-refractivity contribution >= 4 is 21.6 Å². The van der Waals surface area contributed by atoms with E-state index in [1.165, 1.54) is 0 Å². The number of pyridine rings is 1. The third-order valence-corrected chi connectivity index (χ3v) is 3.73. The molecule has 4 nitrogen and oxygen atoms in total. The molecule has 0 atom stereocenters. The molecule has 0 aliphatic carbocycles. The van der Waals surface area contributed by atoms with Gasteiger partial charge < -0.3 is 9.14 Å². The minimum atomic E-state index is -0.187. The van der Waals surface area contributed by atoms with Crippen molar-refractivity contribution in [2.24, 2.45) is 0 Å². The number of hydrogen-bond acceptors (Lipinski definition) is 3. The Morgan fingerprint density at radius 2 is 1.90 bits per heavy atom. The van der Waals surface area contributed by atoms with Crippen LogP contribution in [0.25, 0.3) is 5.65 Å². The van der Waals surface area contributed by atoms with Gasteiger partial charge in [0, 0.05) is 28.9 Å². The van der Waals surface area contributed by atoms with Crippen molar-refractivity contribution in [3.05, 3.63) is 74.7 Å². The number of rotatable bonds is 3. The van der Waals surface area contributed by atoms with Crippen LogP contribution in [0.15, 0.2) is 58.1 Å². The van der Waals surface area contributed by atoms with Gasteiger partial charge in [-0.3, -0.25) is 4.79 Å². The Labute approximate surface area is 130 Å². The van der Waals surface area contributed by atoms with Crippen molar-refractivity contribution in [2.75, 3.05) is 7.11 Å². The van der Waals surface area contributed by atoms with E-state index in [0.29, 0.717) is 17.6 Å². The molecule has 1 aromatic carbocycles. The summed E-state index contributed by atoms with van der Waals surface area (Å²) in [6.45, 7) is 0. The average Bonchev–Trinajstić information content (AvgIpc) is 2.49. The minimum Gasteiger partial charge on any atom is -0.497 e. The molecule has 0 fully saturated rings. The van der Waals surface area contributed by atoms with Gasteiger partial charge in [-0.25, -0.2) is 0 Å². The molecule has 3 rings (SSSR count). The molecule has 21 heavy (non-hydrogen) atoms. The molecule has 2 aromatic heterocycles. The molecule has 5 heteroatoms. The number of aromatic nitrogens is 2. The summed E-state index contributed by atoms with van der Waals surface area (Å²) in [5.74, 6) is 0.802. The van der Waals surface area contributed by atoms with E-state index in [9.17, 15) is 4.79 Å². The first kappa shape index (κ1) is 13.8. The molecule has 0 aliphatic heterocycles. The van der Waals surface area contributed by atoms with Crippen LogP contribution in [0.1, 0.15) is 11.1 Å². The Bertz CT molecular complexity index is 841. The summed E-state index contributed by atoms with van der Waals surface area (Å²) in [4.78, 5) is 16.2. The fraction of sp³-hybridized carbons (Fsp3) is 0.125. The molecule has 2 heterocycles. The van der Waals surface area contributed by atoms with E-state index in [4.69, 9.17) is 4.74 Å². The number of fused-ring (bicyclic) bond motifs is 1. The molecular weight excluding hydrogens is 332 g/mol. The van der Waals surface area contributed by atoms with Gasteiger partial charge in [0.2, 0.25) is 0 Å². The number of hydrogen-bond donors (Lipinski definition) is 0. The lowest BCUT2D eigenvalue weighted by Crippen LogP contribution is -2.15. The molecule has 3 aromatic rings. The van der Waals surface area contributed by atoms with Gasteiger partial charge in [0.05, 0.1) is 7.11 Å². The summed E-state index contributed by atoms with van der Waals surface area (Å²) in [5.41, 5.74) is 2.16. The summed E-state index contributed by atoms with van der Waals surface area (Å²) in [6, 6.07) is 11.4. The van der Waals surface area contributed by atoms with Gasteiger partial charge in [-0.05, 0) is 45.8 Å². The van der Waals surface area contributed by atoms with Crippen LogP contribution >= 0.6 is 15.9 Å². The highest BCUT2D eigenvalue weighted by Crippen LogP contribution is 2.14. The highest BCUT2D eigenvalue weighted by molar-refractivity contribution is 9.10. The zero-order chi connectivity index (χ0) is 14.8. The molecule has 106 valence electrons. The topological polar surface area (TPSA) is 43.6 Å². The standard InChI is InChI=1S/C16H13BrN2O2/c1-21-14-5-2-11(3-6-14)8-12-9-19-10-13(17)4-7-15(19)18-16(12)20/h2-7,9-10H,8H2,1H3. The second kappa shape index (κ2) is 5.69. The van der Waals surface area contributed by atoms with Gasteiger partial charge in [0.25, 0.3) is 5.56 Å². The molecule has 0 radical (unpaired) electrons. The maximum Gasteiger partial charge on any atom is 0.276 e. The summed E-state index contributed by atoms with van der Waals surface area (Å²) >= 11 is 3.42. The Morgan fingerprint density at radius 3 is 2.62 bits per heavy atom. The summed E-state index contributed by atoms with van der Waals surface area (Å²) in [6.07, 6.45) is 4.27. The Hall–Kier alpha value is -2.14. The highest BCUT2D eigenvalue weighted by atomic mass is 79.9. The Morgan fingerprint density at radius 1 is 1.14 bits per heavy atom. The molecule has 0 N–H and O–H groups in total. The lowest BCUT2D eigenvalue weighted by atomic mass is 10.1. The molecule has 0 spiro atoms. The van der Waals surface area contributed by atoms with E-state index in [2.05, 4.69) is 20.9 Å². The largest absolute Gasteiger partial charge is 0.497 e. The maximum absolute atomic E-state index is 12.1. The lowest BCUT2D eigenvalue weighted by molar-refractivity contribution is 0.414. The summed E-state index contributed by atoms with van der Waals surface area (Å²) in [5, 5.41) is 0. The SMILES string of the molecule is COc1ccc(Cc2cn3cc(Br)ccc3nc2=O)cc1. The van der Waals surface area contributed by atoms with Crippen LogP contribution in [-0.4, -0.2) is 16.5 Å². The van der Waals surface area contributed by atoms with Crippen LogP contribution < -0.4 is 10.3 Å². The van der Waals surface area contributed by atoms with Crippen LogP contribution in [0.2, 0.25) is 0 Å². The number of benzene rings is 1. The molecule has 0 bridgehead atoms. The van der Waals surface area contributed by atoms with Crippen LogP contribution in [0.5, 0.6) is 5.75 Å². The number of halogens is 1. The zero-order valence-electron chi connectivity index (χ0n) is 11.4. The van der Waals surface area contributed by atoms with E-state index in [1.54, 1.807) is 7.11 Å². The van der Waals surface area contributed by atoms with Crippen molar-refractivity contribution in [1.29, 1.82) is 0 Å². The van der Waals surface area contributed by atoms with Crippen LogP contribution in [0, 0.1) is 0 Å². The zero-order valence-corrected chi connectivity index (χ0v) is 13.0. The van der Waals surface area contributed by atoms with Gasteiger partial charge in [-0.15, -0.1) is 0 Å². The van der Waals surface area contributed by atoms with Crippen molar-refractivity contribution in [3.63, 3.8) is 0 Å². The van der Waals surface area contributed by atoms with Gasteiger partial charge in [0.1, 0.15) is 11.4 Å². The van der Waals surface area contributed by atoms with Gasteiger partial charge in [-0.1, -0.05) is 12.1 Å². The predicted octanol–water partition coefficient (Wildman–Crippen LogP) is 3.06. The van der Waals surface area contributed by atoms with Crippen molar-refractivity contribution < 1.29 is 4.74 Å². The van der Waals surface area contributed by atoms with E-state index in [0.717, 1.165) is 15.8 Å². The van der Waals surface area contributed by atoms with Crippen LogP contribution in [-0.2, 0) is 6.42 Å². The Balaban J connectivity index is 1.99. The number of nitrogens with zero attached hydrogens (tertiary/aromatic N) is 2. The maximum atomic E-state index is 12.1. The van der Waals surface area contributed by atoms with Crippen molar-refractivity contribution in [1.82, 2.24) is 9.38 Å². The van der Waals surface area contributed by atoms with Crippen molar-refractivity contribution in [2.45, 2.75) is 6.42 Å². The molecule has 0 unspecified atom stereocenters. The second-order valence-electron chi connectivity index (χ2n) is 4.71. The fourth-order valence-corrected chi connectivity index (χ4v) is 2.52. The summed E-state index contributed by atoms with van der Waals surface area (Å²) in [7, 11) is 1.63. The summed E-state index contributed by atoms with van der Waals surface area (Å²) < 4.78 is 7.92. The molecular formula is C16H13BrN2O2. The van der Waals surface area contributed by atoms with E-state index in [-0.39, 0.29) is 5.56 Å². The normalized spacial score (nSPS) is 10.8. The van der Waals surface area contributed by atoms with Gasteiger partial charge in [0.15, 0.2) is 0 Å². The van der Waals surface area contributed by atoms with Crippen LogP contribution in [0.3, 0.4) is 0 Å². The van der Waals surface area contributed by atoms with Crippen LogP contribution in [0.4, 0.5) is 0 Å². The smallest absolute Gasteiger partial charge is 0.276 e. The second-order valence-corrected chi connectivity index (χ2v) is 5.62. The van der Waals surface area contributed by atoms with Gasteiger partial charge in [-0.2, -0.15) is 4.98 Å². The predicted molar refractivity (Wildman–Crippen MR) is 85.0 cm³/mol. The Kier molecular flexibility index (Phi) is 3.75. The minimum absolute atomic E-state index is 0.187. The molecule has 0 aliphatic rings. The first-order valence-corrected chi connectivity index (χ1v) is 7.25. The van der Waals surface area contributed by atoms with Crippen molar-refractivity contribution in [3.8, 4) is 5.75 Å². The highest BCUT2D eigenvalue weighted by Gasteiger charge is 2.05. The third-order valence-electron chi connectivity index (χ3n) is 3.26. The molecule has 0 saturated carbocycles. The van der Waals surface area contributed by atoms with Gasteiger partial charge >= 0.3 is 0 Å².